The lowest BCUT2D eigenvalue weighted by Gasteiger charge is -2.31. The third-order valence-corrected chi connectivity index (χ3v) is 5.12. The fourth-order valence-corrected chi connectivity index (χ4v) is 3.64. The first-order valence-electron chi connectivity index (χ1n) is 9.65. The molecule has 2 aromatic carbocycles. The molecule has 5 nitrogen and oxygen atoms in total. The van der Waals surface area contributed by atoms with Crippen LogP contribution < -0.4 is 19.5 Å². The third-order valence-electron chi connectivity index (χ3n) is 5.12. The summed E-state index contributed by atoms with van der Waals surface area (Å²) in [7, 11) is 0. The molecule has 1 aliphatic heterocycles. The van der Waals surface area contributed by atoms with Crippen molar-refractivity contribution in [2.24, 2.45) is 0 Å². The number of hydrogen-bond donors (Lipinski definition) is 1. The van der Waals surface area contributed by atoms with Crippen molar-refractivity contribution in [3.05, 3.63) is 54.1 Å². The summed E-state index contributed by atoms with van der Waals surface area (Å²) in [6, 6.07) is 15.3. The van der Waals surface area contributed by atoms with Gasteiger partial charge in [0.05, 0.1) is 6.10 Å². The zero-order valence-corrected chi connectivity index (χ0v) is 15.5. The van der Waals surface area contributed by atoms with Crippen LogP contribution in [0.5, 0.6) is 17.2 Å². The number of benzene rings is 2. The number of carbonyl (C=O) groups is 1. The van der Waals surface area contributed by atoms with Crippen molar-refractivity contribution in [1.29, 1.82) is 0 Å². The lowest BCUT2D eigenvalue weighted by atomic mass is 10.1. The molecule has 2 atom stereocenters. The molecule has 0 saturated heterocycles. The summed E-state index contributed by atoms with van der Waals surface area (Å²) in [6.07, 6.45) is 3.90. The number of para-hydroxylation sites is 3. The number of ether oxygens (including phenoxy) is 3. The third kappa shape index (κ3) is 4.02. The molecule has 0 aromatic heterocycles. The zero-order chi connectivity index (χ0) is 18.6. The Bertz CT molecular complexity index is 800. The minimum atomic E-state index is -0.678. The molecular formula is C22H25NO4. The Hall–Kier alpha value is -2.69. The van der Waals surface area contributed by atoms with Crippen molar-refractivity contribution >= 4 is 5.91 Å². The average Bonchev–Trinajstić information content (AvgIpc) is 3.19. The molecule has 0 bridgehead atoms. The van der Waals surface area contributed by atoms with Gasteiger partial charge in [0, 0.05) is 12.1 Å². The Labute approximate surface area is 159 Å². The van der Waals surface area contributed by atoms with E-state index in [2.05, 4.69) is 5.32 Å². The SMILES string of the molecule is C[C@@H]1Oc2ccccc2O[C@@H]1C(=O)NCc1ccccc1OC1CCCC1. The van der Waals surface area contributed by atoms with Crippen LogP contribution in [0.15, 0.2) is 48.5 Å². The van der Waals surface area contributed by atoms with Gasteiger partial charge in [0.25, 0.3) is 5.91 Å². The molecule has 0 spiro atoms. The van der Waals surface area contributed by atoms with Gasteiger partial charge in [-0.05, 0) is 50.8 Å². The van der Waals surface area contributed by atoms with Gasteiger partial charge in [-0.3, -0.25) is 4.79 Å². The van der Waals surface area contributed by atoms with E-state index in [-0.39, 0.29) is 18.1 Å². The van der Waals surface area contributed by atoms with Crippen LogP contribution in [-0.2, 0) is 11.3 Å². The second kappa shape index (κ2) is 7.91. The van der Waals surface area contributed by atoms with E-state index in [0.29, 0.717) is 18.0 Å². The van der Waals surface area contributed by atoms with E-state index in [4.69, 9.17) is 14.2 Å². The maximum Gasteiger partial charge on any atom is 0.265 e. The van der Waals surface area contributed by atoms with E-state index in [1.165, 1.54) is 12.8 Å². The first kappa shape index (κ1) is 17.7. The number of carbonyl (C=O) groups excluding carboxylic acids is 1. The largest absolute Gasteiger partial charge is 0.490 e. The predicted molar refractivity (Wildman–Crippen MR) is 102 cm³/mol. The van der Waals surface area contributed by atoms with Crippen molar-refractivity contribution < 1.29 is 19.0 Å². The highest BCUT2D eigenvalue weighted by Gasteiger charge is 2.34. The molecule has 1 saturated carbocycles. The van der Waals surface area contributed by atoms with Crippen molar-refractivity contribution in [1.82, 2.24) is 5.32 Å². The Kier molecular flexibility index (Phi) is 5.19. The van der Waals surface area contributed by atoms with E-state index in [1.54, 1.807) is 0 Å². The molecule has 4 rings (SSSR count). The summed E-state index contributed by atoms with van der Waals surface area (Å²) in [5, 5.41) is 2.97. The van der Waals surface area contributed by atoms with Crippen molar-refractivity contribution in [3.8, 4) is 17.2 Å². The molecule has 1 fully saturated rings. The van der Waals surface area contributed by atoms with Gasteiger partial charge >= 0.3 is 0 Å². The Balaban J connectivity index is 1.39. The van der Waals surface area contributed by atoms with Crippen LogP contribution >= 0.6 is 0 Å². The van der Waals surface area contributed by atoms with Crippen molar-refractivity contribution in [3.63, 3.8) is 0 Å². The van der Waals surface area contributed by atoms with E-state index in [1.807, 2.05) is 55.5 Å². The highest BCUT2D eigenvalue weighted by atomic mass is 16.6. The maximum absolute atomic E-state index is 12.7. The van der Waals surface area contributed by atoms with Crippen LogP contribution in [0.1, 0.15) is 38.2 Å². The summed E-state index contributed by atoms with van der Waals surface area (Å²) < 4.78 is 17.8. The summed E-state index contributed by atoms with van der Waals surface area (Å²) in [5.74, 6) is 1.93. The molecular weight excluding hydrogens is 342 g/mol. The minimum Gasteiger partial charge on any atom is -0.490 e. The monoisotopic (exact) mass is 367 g/mol. The lowest BCUT2D eigenvalue weighted by molar-refractivity contribution is -0.133. The number of hydrogen-bond acceptors (Lipinski definition) is 4. The normalized spacial score (nSPS) is 21.7. The summed E-state index contributed by atoms with van der Waals surface area (Å²) in [5.41, 5.74) is 0.975. The number of amides is 1. The topological polar surface area (TPSA) is 56.8 Å². The summed E-state index contributed by atoms with van der Waals surface area (Å²) >= 11 is 0. The number of nitrogens with one attached hydrogen (secondary N) is 1. The van der Waals surface area contributed by atoms with Crippen molar-refractivity contribution in [2.45, 2.75) is 57.5 Å². The van der Waals surface area contributed by atoms with Gasteiger partial charge < -0.3 is 19.5 Å². The Morgan fingerprint density at radius 2 is 1.70 bits per heavy atom. The second-order valence-corrected chi connectivity index (χ2v) is 7.16. The minimum absolute atomic E-state index is 0.187. The second-order valence-electron chi connectivity index (χ2n) is 7.16. The molecule has 142 valence electrons. The fraction of sp³-hybridized carbons (Fsp3) is 0.409. The van der Waals surface area contributed by atoms with Crippen LogP contribution in [0.4, 0.5) is 0 Å². The van der Waals surface area contributed by atoms with Crippen LogP contribution in [0.2, 0.25) is 0 Å². The lowest BCUT2D eigenvalue weighted by Crippen LogP contribution is -2.48. The van der Waals surface area contributed by atoms with Crippen LogP contribution in [0.25, 0.3) is 0 Å². The fourth-order valence-electron chi connectivity index (χ4n) is 3.64. The number of rotatable bonds is 5. The van der Waals surface area contributed by atoms with Crippen LogP contribution in [0.3, 0.4) is 0 Å². The van der Waals surface area contributed by atoms with Gasteiger partial charge in [0.15, 0.2) is 11.5 Å². The van der Waals surface area contributed by atoms with Gasteiger partial charge in [-0.2, -0.15) is 0 Å². The first-order chi connectivity index (χ1) is 13.2. The maximum atomic E-state index is 12.7. The molecule has 0 radical (unpaired) electrons. The molecule has 5 heteroatoms. The molecule has 27 heavy (non-hydrogen) atoms. The molecule has 1 amide bonds. The van der Waals surface area contributed by atoms with Crippen LogP contribution in [-0.4, -0.2) is 24.2 Å². The molecule has 2 aromatic rings. The summed E-state index contributed by atoms with van der Waals surface area (Å²) in [6.45, 7) is 2.24. The molecule has 1 heterocycles. The highest BCUT2D eigenvalue weighted by Crippen LogP contribution is 2.33. The quantitative estimate of drug-likeness (QED) is 0.872. The van der Waals surface area contributed by atoms with E-state index >= 15 is 0 Å². The Morgan fingerprint density at radius 1 is 1.04 bits per heavy atom. The molecule has 0 unspecified atom stereocenters. The summed E-state index contributed by atoms with van der Waals surface area (Å²) in [4.78, 5) is 12.7. The average molecular weight is 367 g/mol. The van der Waals surface area contributed by atoms with Crippen molar-refractivity contribution in [2.75, 3.05) is 0 Å². The van der Waals surface area contributed by atoms with Gasteiger partial charge in [-0.25, -0.2) is 0 Å². The molecule has 1 N–H and O–H groups in total. The Morgan fingerprint density at radius 3 is 2.48 bits per heavy atom. The smallest absolute Gasteiger partial charge is 0.265 e. The van der Waals surface area contributed by atoms with E-state index < -0.39 is 6.10 Å². The van der Waals surface area contributed by atoms with Gasteiger partial charge in [0.1, 0.15) is 11.9 Å². The first-order valence-corrected chi connectivity index (χ1v) is 9.65. The van der Waals surface area contributed by atoms with Gasteiger partial charge in [0.2, 0.25) is 6.10 Å². The standard InChI is InChI=1S/C22H25NO4/c1-15-21(27-20-13-7-6-12-19(20)25-15)22(24)23-14-16-8-2-5-11-18(16)26-17-9-3-4-10-17/h2,5-8,11-13,15,17,21H,3-4,9-10,14H2,1H3,(H,23,24)/t15-,21-/m0/s1. The predicted octanol–water partition coefficient (Wildman–Crippen LogP) is 3.85. The molecule has 2 aliphatic rings. The van der Waals surface area contributed by atoms with Gasteiger partial charge in [-0.1, -0.05) is 30.3 Å². The zero-order valence-electron chi connectivity index (χ0n) is 15.5. The van der Waals surface area contributed by atoms with E-state index in [9.17, 15) is 4.79 Å². The number of fused-ring (bicyclic) bond motifs is 1. The molecule has 1 aliphatic carbocycles. The van der Waals surface area contributed by atoms with Gasteiger partial charge in [-0.15, -0.1) is 0 Å². The van der Waals surface area contributed by atoms with Crippen LogP contribution in [0, 0.1) is 0 Å². The van der Waals surface area contributed by atoms with E-state index in [0.717, 1.165) is 24.2 Å². The highest BCUT2D eigenvalue weighted by molar-refractivity contribution is 5.82.